The molecule has 0 spiro atoms. The number of esters is 2. The molecule has 0 bridgehead atoms. The van der Waals surface area contributed by atoms with Crippen LogP contribution in [-0.4, -0.2) is 96.9 Å². The Morgan fingerprint density at radius 1 is 0.512 bits per heavy atom. The van der Waals surface area contributed by atoms with Crippen LogP contribution in [0.3, 0.4) is 0 Å². The van der Waals surface area contributed by atoms with Crippen LogP contribution in [0.1, 0.15) is 39.5 Å². The molecule has 0 saturated carbocycles. The van der Waals surface area contributed by atoms with Crippen LogP contribution in [0, 0.1) is 0 Å². The monoisotopic (exact) mass is 700 g/mol. The minimum atomic E-state index is -3.07. The number of hydrogen-bond acceptors (Lipinski definition) is 12. The van der Waals surface area contributed by atoms with E-state index in [2.05, 4.69) is 13.2 Å². The SMILES string of the molecule is C=C(C)C(=O)OCCCC[Si](OC)(OC)O[Si](C)(C)O[Si](C)(C)O[Si](C)(C)O[Si](CCCCOC(=O)C(=C)C)(OC)OC. The van der Waals surface area contributed by atoms with Crippen LogP contribution in [-0.2, 0) is 53.2 Å². The summed E-state index contributed by atoms with van der Waals surface area (Å²) >= 11 is 0. The van der Waals surface area contributed by atoms with Crippen LogP contribution in [0.25, 0.3) is 0 Å². The van der Waals surface area contributed by atoms with Gasteiger partial charge in [-0.05, 0) is 78.8 Å². The predicted molar refractivity (Wildman–Crippen MR) is 176 cm³/mol. The molecule has 252 valence electrons. The van der Waals surface area contributed by atoms with E-state index in [1.807, 2.05) is 39.3 Å². The summed E-state index contributed by atoms with van der Waals surface area (Å²) in [6.07, 6.45) is 2.64. The fourth-order valence-electron chi connectivity index (χ4n) is 4.30. The minimum absolute atomic E-state index is 0.282. The van der Waals surface area contributed by atoms with Crippen molar-refractivity contribution in [1.82, 2.24) is 0 Å². The molecule has 0 aliphatic carbocycles. The second-order valence-electron chi connectivity index (χ2n) is 11.5. The lowest BCUT2D eigenvalue weighted by molar-refractivity contribution is -0.139. The topological polar surface area (TPSA) is 126 Å². The number of carbonyl (C=O) groups excluding carboxylic acids is 2. The highest BCUT2D eigenvalue weighted by Gasteiger charge is 2.51. The van der Waals surface area contributed by atoms with Gasteiger partial charge in [0.1, 0.15) is 0 Å². The van der Waals surface area contributed by atoms with Gasteiger partial charge >= 0.3 is 55.2 Å². The van der Waals surface area contributed by atoms with Gasteiger partial charge in [-0.3, -0.25) is 0 Å². The van der Waals surface area contributed by atoms with Gasteiger partial charge in [-0.15, -0.1) is 0 Å². The molecule has 17 heteroatoms. The zero-order valence-corrected chi connectivity index (χ0v) is 33.5. The summed E-state index contributed by atoms with van der Waals surface area (Å²) in [5.74, 6) is -0.805. The summed E-state index contributed by atoms with van der Waals surface area (Å²) in [5, 5.41) is 0. The van der Waals surface area contributed by atoms with Crippen molar-refractivity contribution in [3.8, 4) is 0 Å². The van der Waals surface area contributed by atoms with Crippen LogP contribution in [0.2, 0.25) is 51.4 Å². The summed E-state index contributed by atoms with van der Waals surface area (Å²) < 4.78 is 59.8. The molecule has 0 atom stereocenters. The molecule has 0 N–H and O–H groups in total. The largest absolute Gasteiger partial charge is 0.491 e. The first-order valence-electron chi connectivity index (χ1n) is 14.4. The van der Waals surface area contributed by atoms with E-state index < -0.39 is 55.2 Å². The molecule has 0 saturated heterocycles. The lowest BCUT2D eigenvalue weighted by atomic mass is 10.3. The van der Waals surface area contributed by atoms with Crippen molar-refractivity contribution in [3.63, 3.8) is 0 Å². The average Bonchev–Trinajstić information content (AvgIpc) is 2.89. The normalized spacial score (nSPS) is 13.1. The van der Waals surface area contributed by atoms with Crippen LogP contribution in [0.4, 0.5) is 0 Å². The Kier molecular flexibility index (Phi) is 18.6. The van der Waals surface area contributed by atoms with Gasteiger partial charge in [-0.25, -0.2) is 9.59 Å². The van der Waals surface area contributed by atoms with E-state index in [-0.39, 0.29) is 13.2 Å². The molecule has 0 amide bonds. The number of unbranched alkanes of at least 4 members (excludes halogenated alkanes) is 2. The Balaban J connectivity index is 5.24. The predicted octanol–water partition coefficient (Wildman–Crippen LogP) is 5.42. The molecule has 0 heterocycles. The molecule has 0 radical (unpaired) electrons. The van der Waals surface area contributed by atoms with Crippen LogP contribution in [0.15, 0.2) is 24.3 Å². The Morgan fingerprint density at radius 3 is 1.05 bits per heavy atom. The maximum Gasteiger partial charge on any atom is 0.491 e. The molecule has 12 nitrogen and oxygen atoms in total. The van der Waals surface area contributed by atoms with E-state index in [9.17, 15) is 9.59 Å². The van der Waals surface area contributed by atoms with Gasteiger partial charge in [0.05, 0.1) is 13.2 Å². The van der Waals surface area contributed by atoms with Crippen molar-refractivity contribution >= 4 is 55.2 Å². The van der Waals surface area contributed by atoms with Gasteiger partial charge in [-0.2, -0.15) is 0 Å². The molecule has 43 heavy (non-hydrogen) atoms. The molecule has 0 aliphatic heterocycles. The molecule has 0 aliphatic rings. The van der Waals surface area contributed by atoms with E-state index in [4.69, 9.17) is 43.6 Å². The number of rotatable bonds is 24. The third-order valence-electron chi connectivity index (χ3n) is 5.95. The highest BCUT2D eigenvalue weighted by Crippen LogP contribution is 2.30. The summed E-state index contributed by atoms with van der Waals surface area (Å²) in [7, 11) is -8.26. The van der Waals surface area contributed by atoms with Crippen molar-refractivity contribution in [3.05, 3.63) is 24.3 Å². The van der Waals surface area contributed by atoms with Gasteiger partial charge in [-0.1, -0.05) is 13.2 Å². The summed E-state index contributed by atoms with van der Waals surface area (Å²) in [5.41, 5.74) is 0.736. The standard InChI is InChI=1S/C26H56O12Si5/c1-23(2)25(27)33-19-15-17-21-42(29-5,30-6)37-40(11,12)35-39(9,10)36-41(13,14)38-43(31-7,32-8)22-18-16-20-34-26(28)24(3)4/h1,3,15-22H2,2,4-14H3. The summed E-state index contributed by atoms with van der Waals surface area (Å²) in [6.45, 7) is 22.7. The third-order valence-corrected chi connectivity index (χ3v) is 24.7. The van der Waals surface area contributed by atoms with Gasteiger partial charge < -0.3 is 43.6 Å². The zero-order valence-electron chi connectivity index (χ0n) is 28.5. The second-order valence-corrected chi connectivity index (χ2v) is 28.6. The molecule has 0 rings (SSSR count). The van der Waals surface area contributed by atoms with Crippen molar-refractivity contribution < 1.29 is 53.2 Å². The molecular formula is C26H56O12Si5. The summed E-state index contributed by atoms with van der Waals surface area (Å²) in [6, 6.07) is 1.08. The molecule has 0 unspecified atom stereocenters. The van der Waals surface area contributed by atoms with Gasteiger partial charge in [0.2, 0.25) is 0 Å². The molecule has 0 aromatic carbocycles. The fraction of sp³-hybridized carbons (Fsp3) is 0.769. The molecule has 0 fully saturated rings. The Labute approximate surface area is 264 Å². The Bertz CT molecular complexity index is 835. The smallest absolute Gasteiger partial charge is 0.462 e. The van der Waals surface area contributed by atoms with E-state index in [0.717, 1.165) is 0 Å². The van der Waals surface area contributed by atoms with Crippen molar-refractivity contribution in [2.45, 2.75) is 90.9 Å². The number of ether oxygens (including phenoxy) is 2. The minimum Gasteiger partial charge on any atom is -0.462 e. The first-order chi connectivity index (χ1) is 19.7. The van der Waals surface area contributed by atoms with Gasteiger partial charge in [0.15, 0.2) is 0 Å². The van der Waals surface area contributed by atoms with E-state index in [1.165, 1.54) is 0 Å². The first-order valence-corrected chi connectivity index (χ1v) is 26.7. The van der Waals surface area contributed by atoms with E-state index in [1.54, 1.807) is 42.3 Å². The Morgan fingerprint density at radius 2 is 0.791 bits per heavy atom. The van der Waals surface area contributed by atoms with Gasteiger partial charge in [0.25, 0.3) is 0 Å². The van der Waals surface area contributed by atoms with Crippen LogP contribution >= 0.6 is 0 Å². The highest BCUT2D eigenvalue weighted by molar-refractivity contribution is 6.88. The van der Waals surface area contributed by atoms with Crippen molar-refractivity contribution in [1.29, 1.82) is 0 Å². The number of carbonyl (C=O) groups is 2. The zero-order chi connectivity index (χ0) is 33.5. The lowest BCUT2D eigenvalue weighted by Crippen LogP contribution is -2.61. The summed E-state index contributed by atoms with van der Waals surface area (Å²) in [4.78, 5) is 23.2. The van der Waals surface area contributed by atoms with E-state index >= 15 is 0 Å². The molecule has 0 aromatic heterocycles. The van der Waals surface area contributed by atoms with Crippen molar-refractivity contribution in [2.24, 2.45) is 0 Å². The maximum atomic E-state index is 11.6. The molecular weight excluding hydrogens is 645 g/mol. The van der Waals surface area contributed by atoms with Crippen LogP contribution < -0.4 is 0 Å². The average molecular weight is 701 g/mol. The van der Waals surface area contributed by atoms with E-state index in [0.29, 0.717) is 48.9 Å². The fourth-order valence-corrected chi connectivity index (χ4v) is 26.1. The molecule has 0 aromatic rings. The second kappa shape index (κ2) is 19.0. The quantitative estimate of drug-likeness (QED) is 0.0552. The van der Waals surface area contributed by atoms with Gasteiger partial charge in [0, 0.05) is 51.7 Å². The first kappa shape index (κ1) is 42.2. The maximum absolute atomic E-state index is 11.6. The van der Waals surface area contributed by atoms with Crippen molar-refractivity contribution in [2.75, 3.05) is 41.7 Å². The Hall–Kier alpha value is -0.816. The third kappa shape index (κ3) is 16.9. The highest BCUT2D eigenvalue weighted by atomic mass is 28.5. The lowest BCUT2D eigenvalue weighted by Gasteiger charge is -2.42. The van der Waals surface area contributed by atoms with Crippen LogP contribution in [0.5, 0.6) is 0 Å². The number of hydrogen-bond donors (Lipinski definition) is 0.